The van der Waals surface area contributed by atoms with Gasteiger partial charge in [-0.1, -0.05) is 43.2 Å². The predicted molar refractivity (Wildman–Crippen MR) is 67.6 cm³/mol. The Labute approximate surface area is 98.3 Å². The van der Waals surface area contributed by atoms with Gasteiger partial charge in [-0.15, -0.1) is 0 Å². The maximum atomic E-state index is 3.63. The van der Waals surface area contributed by atoms with Crippen LogP contribution in [0.4, 0.5) is 0 Å². The van der Waals surface area contributed by atoms with E-state index in [4.69, 9.17) is 0 Å². The molecule has 0 aromatic heterocycles. The van der Waals surface area contributed by atoms with Crippen molar-refractivity contribution in [2.45, 2.75) is 49.5 Å². The van der Waals surface area contributed by atoms with Crippen molar-refractivity contribution in [2.75, 3.05) is 7.05 Å². The second-order valence-corrected chi connectivity index (χ2v) is 5.49. The second kappa shape index (κ2) is 3.59. The Hall–Kier alpha value is -0.820. The van der Waals surface area contributed by atoms with E-state index in [-0.39, 0.29) is 0 Å². The first kappa shape index (κ1) is 10.3. The Balaban J connectivity index is 2.04. The molecule has 0 aliphatic heterocycles. The highest BCUT2D eigenvalue weighted by molar-refractivity contribution is 5.36. The van der Waals surface area contributed by atoms with Crippen molar-refractivity contribution < 1.29 is 0 Å². The van der Waals surface area contributed by atoms with E-state index in [0.29, 0.717) is 11.0 Å². The molecule has 0 unspecified atom stereocenters. The lowest BCUT2D eigenvalue weighted by molar-refractivity contribution is 0.289. The van der Waals surface area contributed by atoms with E-state index < -0.39 is 0 Å². The number of hydrogen-bond donors (Lipinski definition) is 1. The quantitative estimate of drug-likeness (QED) is 0.816. The van der Waals surface area contributed by atoms with E-state index in [1.165, 1.54) is 38.5 Å². The molecule has 0 amide bonds. The molecule has 1 nitrogen and oxygen atoms in total. The SMILES string of the molecule is CNC1(C2(c3ccccc3)CCCC2)CC1. The topological polar surface area (TPSA) is 12.0 Å². The number of nitrogens with one attached hydrogen (secondary N) is 1. The van der Waals surface area contributed by atoms with Gasteiger partial charge in [-0.05, 0) is 38.3 Å². The third-order valence-corrected chi connectivity index (χ3v) is 4.93. The normalized spacial score (nSPS) is 25.6. The molecule has 2 saturated carbocycles. The van der Waals surface area contributed by atoms with Crippen molar-refractivity contribution in [1.82, 2.24) is 5.32 Å². The molecule has 0 saturated heterocycles. The summed E-state index contributed by atoms with van der Waals surface area (Å²) in [6, 6.07) is 11.2. The summed E-state index contributed by atoms with van der Waals surface area (Å²) in [5, 5.41) is 3.63. The molecule has 1 N–H and O–H groups in total. The molecule has 16 heavy (non-hydrogen) atoms. The van der Waals surface area contributed by atoms with Gasteiger partial charge in [0.05, 0.1) is 0 Å². The van der Waals surface area contributed by atoms with Crippen LogP contribution in [-0.4, -0.2) is 12.6 Å². The van der Waals surface area contributed by atoms with Gasteiger partial charge in [0.2, 0.25) is 0 Å². The van der Waals surface area contributed by atoms with Crippen LogP contribution >= 0.6 is 0 Å². The third-order valence-electron chi connectivity index (χ3n) is 4.93. The average molecular weight is 215 g/mol. The van der Waals surface area contributed by atoms with E-state index >= 15 is 0 Å². The minimum absolute atomic E-state index is 0.421. The maximum Gasteiger partial charge on any atom is 0.0276 e. The first-order valence-corrected chi connectivity index (χ1v) is 6.57. The van der Waals surface area contributed by atoms with Crippen molar-refractivity contribution in [3.8, 4) is 0 Å². The number of likely N-dealkylation sites (N-methyl/N-ethyl adjacent to an activating group) is 1. The summed E-state index contributed by atoms with van der Waals surface area (Å²) >= 11 is 0. The summed E-state index contributed by atoms with van der Waals surface area (Å²) in [6.07, 6.45) is 8.27. The van der Waals surface area contributed by atoms with E-state index in [2.05, 4.69) is 42.7 Å². The summed E-state index contributed by atoms with van der Waals surface area (Å²) in [6.45, 7) is 0. The van der Waals surface area contributed by atoms with E-state index in [0.717, 1.165) is 0 Å². The molecular formula is C15H21N. The van der Waals surface area contributed by atoms with Crippen LogP contribution in [0, 0.1) is 0 Å². The van der Waals surface area contributed by atoms with Gasteiger partial charge in [0, 0.05) is 11.0 Å². The smallest absolute Gasteiger partial charge is 0.0276 e. The minimum atomic E-state index is 0.421. The molecule has 1 aromatic rings. The Kier molecular flexibility index (Phi) is 2.32. The van der Waals surface area contributed by atoms with Crippen LogP contribution in [0.1, 0.15) is 44.1 Å². The standard InChI is InChI=1S/C15H21N/c1-16-15(11-12-15)14(9-5-6-10-14)13-7-3-2-4-8-13/h2-4,7-8,16H,5-6,9-12H2,1H3. The number of benzene rings is 1. The monoisotopic (exact) mass is 215 g/mol. The first-order valence-electron chi connectivity index (χ1n) is 6.57. The summed E-state index contributed by atoms with van der Waals surface area (Å²) < 4.78 is 0. The van der Waals surface area contributed by atoms with Crippen molar-refractivity contribution in [1.29, 1.82) is 0 Å². The van der Waals surface area contributed by atoms with E-state index in [1.54, 1.807) is 5.56 Å². The molecule has 86 valence electrons. The van der Waals surface area contributed by atoms with Crippen LogP contribution < -0.4 is 5.32 Å². The zero-order valence-corrected chi connectivity index (χ0v) is 10.1. The first-order chi connectivity index (χ1) is 7.83. The van der Waals surface area contributed by atoms with Crippen LogP contribution in [0.5, 0.6) is 0 Å². The molecule has 0 radical (unpaired) electrons. The fraction of sp³-hybridized carbons (Fsp3) is 0.600. The molecule has 1 heteroatoms. The zero-order valence-electron chi connectivity index (χ0n) is 10.1. The van der Waals surface area contributed by atoms with Crippen LogP contribution in [0.25, 0.3) is 0 Å². The Morgan fingerprint density at radius 3 is 2.06 bits per heavy atom. The lowest BCUT2D eigenvalue weighted by Gasteiger charge is -2.39. The van der Waals surface area contributed by atoms with Gasteiger partial charge in [-0.2, -0.15) is 0 Å². The van der Waals surface area contributed by atoms with Crippen LogP contribution in [0.2, 0.25) is 0 Å². The molecule has 0 atom stereocenters. The van der Waals surface area contributed by atoms with Gasteiger partial charge in [0.25, 0.3) is 0 Å². The van der Waals surface area contributed by atoms with E-state index in [1.807, 2.05) is 0 Å². The molecule has 2 aliphatic rings. The fourth-order valence-electron chi connectivity index (χ4n) is 3.87. The van der Waals surface area contributed by atoms with Gasteiger partial charge in [-0.3, -0.25) is 0 Å². The van der Waals surface area contributed by atoms with Gasteiger partial charge < -0.3 is 5.32 Å². The summed E-state index contributed by atoms with van der Waals surface area (Å²) in [5.74, 6) is 0. The van der Waals surface area contributed by atoms with Crippen LogP contribution in [0.15, 0.2) is 30.3 Å². The minimum Gasteiger partial charge on any atom is -0.313 e. The lowest BCUT2D eigenvalue weighted by atomic mass is 9.70. The molecule has 0 spiro atoms. The maximum absolute atomic E-state index is 3.63. The highest BCUT2D eigenvalue weighted by Gasteiger charge is 2.59. The molecule has 0 heterocycles. The molecule has 2 fully saturated rings. The van der Waals surface area contributed by atoms with Gasteiger partial charge in [0.15, 0.2) is 0 Å². The Morgan fingerprint density at radius 2 is 1.56 bits per heavy atom. The summed E-state index contributed by atoms with van der Waals surface area (Å²) in [7, 11) is 2.15. The molecule has 1 aromatic carbocycles. The number of hydrogen-bond acceptors (Lipinski definition) is 1. The average Bonchev–Trinajstić information content (AvgIpc) is 3.01. The summed E-state index contributed by atoms with van der Waals surface area (Å²) in [4.78, 5) is 0. The highest BCUT2D eigenvalue weighted by Crippen LogP contribution is 2.58. The number of rotatable bonds is 3. The van der Waals surface area contributed by atoms with E-state index in [9.17, 15) is 0 Å². The zero-order chi connectivity index (χ0) is 11.1. The van der Waals surface area contributed by atoms with Crippen LogP contribution in [0.3, 0.4) is 0 Å². The Bertz CT molecular complexity index is 358. The van der Waals surface area contributed by atoms with Crippen LogP contribution in [-0.2, 0) is 5.41 Å². The Morgan fingerprint density at radius 1 is 0.938 bits per heavy atom. The van der Waals surface area contributed by atoms with Crippen molar-refractivity contribution in [3.05, 3.63) is 35.9 Å². The second-order valence-electron chi connectivity index (χ2n) is 5.49. The van der Waals surface area contributed by atoms with Crippen molar-refractivity contribution in [3.63, 3.8) is 0 Å². The summed E-state index contributed by atoms with van der Waals surface area (Å²) in [5.41, 5.74) is 2.42. The van der Waals surface area contributed by atoms with Crippen molar-refractivity contribution in [2.24, 2.45) is 0 Å². The molecule has 2 aliphatic carbocycles. The van der Waals surface area contributed by atoms with Gasteiger partial charge in [0.1, 0.15) is 0 Å². The third kappa shape index (κ3) is 1.27. The molecule has 3 rings (SSSR count). The highest BCUT2D eigenvalue weighted by atomic mass is 15.0. The van der Waals surface area contributed by atoms with Crippen molar-refractivity contribution >= 4 is 0 Å². The fourth-order valence-corrected chi connectivity index (χ4v) is 3.87. The largest absolute Gasteiger partial charge is 0.313 e. The molecule has 0 bridgehead atoms. The predicted octanol–water partition coefficient (Wildman–Crippen LogP) is 3.25. The molecular weight excluding hydrogens is 194 g/mol. The lowest BCUT2D eigenvalue weighted by Crippen LogP contribution is -2.48. The van der Waals surface area contributed by atoms with Gasteiger partial charge >= 0.3 is 0 Å². The van der Waals surface area contributed by atoms with Gasteiger partial charge in [-0.25, -0.2) is 0 Å².